The van der Waals surface area contributed by atoms with E-state index in [1.165, 1.54) is 6.07 Å². The molecule has 2 N–H and O–H groups in total. The van der Waals surface area contributed by atoms with Gasteiger partial charge in [0.2, 0.25) is 0 Å². The van der Waals surface area contributed by atoms with Crippen LogP contribution in [0.1, 0.15) is 38.7 Å². The van der Waals surface area contributed by atoms with Crippen molar-refractivity contribution in [1.82, 2.24) is 24.6 Å². The molecule has 0 bridgehead atoms. The Morgan fingerprint density at radius 2 is 1.97 bits per heavy atom. The molecule has 5 aromatic rings. The van der Waals surface area contributed by atoms with Gasteiger partial charge in [-0.15, -0.1) is 0 Å². The number of hydrogen-bond donors (Lipinski definition) is 2. The Bertz CT molecular complexity index is 1640. The fourth-order valence-corrected chi connectivity index (χ4v) is 5.41. The Morgan fingerprint density at radius 1 is 1.11 bits per heavy atom. The third-order valence-corrected chi connectivity index (χ3v) is 7.26. The van der Waals surface area contributed by atoms with Gasteiger partial charge in [-0.1, -0.05) is 35.9 Å². The predicted octanol–water partition coefficient (Wildman–Crippen LogP) is 5.04. The third kappa shape index (κ3) is 4.34. The first kappa shape index (κ1) is 23.2. The molecule has 1 fully saturated rings. The molecule has 0 spiro atoms. The molecule has 1 aliphatic heterocycles. The summed E-state index contributed by atoms with van der Waals surface area (Å²) in [6.45, 7) is 0.834. The number of aromatic nitrogens is 3. The highest BCUT2D eigenvalue weighted by molar-refractivity contribution is 6.30. The number of fused-ring (bicyclic) bond motifs is 2. The topological polar surface area (TPSA) is 82.5 Å². The zero-order valence-corrected chi connectivity index (χ0v) is 20.5. The summed E-state index contributed by atoms with van der Waals surface area (Å²) < 4.78 is 16.0. The Labute approximate surface area is 216 Å². The second kappa shape index (κ2) is 9.37. The molecule has 0 saturated carbocycles. The number of likely N-dealkylation sites (tertiary alicyclic amines) is 1. The van der Waals surface area contributed by atoms with E-state index in [0.29, 0.717) is 35.5 Å². The maximum absolute atomic E-state index is 14.2. The summed E-state index contributed by atoms with van der Waals surface area (Å²) in [7, 11) is 0. The Morgan fingerprint density at radius 3 is 2.81 bits per heavy atom. The molecule has 0 unspecified atom stereocenters. The van der Waals surface area contributed by atoms with Gasteiger partial charge in [0.05, 0.1) is 35.2 Å². The van der Waals surface area contributed by atoms with Crippen molar-refractivity contribution < 1.29 is 14.0 Å². The van der Waals surface area contributed by atoms with Gasteiger partial charge >= 0.3 is 0 Å². The highest BCUT2D eigenvalue weighted by Gasteiger charge is 2.35. The molecule has 0 radical (unpaired) electrons. The summed E-state index contributed by atoms with van der Waals surface area (Å²) in [6, 6.07) is 17.1. The van der Waals surface area contributed by atoms with Crippen molar-refractivity contribution in [3.63, 3.8) is 0 Å². The maximum atomic E-state index is 14.2. The number of nitrogens with zero attached hydrogens (tertiary/aromatic N) is 3. The van der Waals surface area contributed by atoms with E-state index in [0.717, 1.165) is 11.1 Å². The van der Waals surface area contributed by atoms with Gasteiger partial charge in [-0.2, -0.15) is 0 Å². The summed E-state index contributed by atoms with van der Waals surface area (Å²) in [4.78, 5) is 35.7. The SMILES string of the molecule is O=C(N[C@@H]1CN(C(=O)c2cccn3cncc23)CC[C@H]1c1cccc(Cl)c1)c1cc2cccc(F)c2[nH]1. The smallest absolute Gasteiger partial charge is 0.268 e. The molecule has 7 nitrogen and oxygen atoms in total. The van der Waals surface area contributed by atoms with Crippen molar-refractivity contribution in [2.24, 2.45) is 0 Å². The van der Waals surface area contributed by atoms with Crippen LogP contribution in [0, 0.1) is 5.82 Å². The molecule has 0 aliphatic carbocycles. The van der Waals surface area contributed by atoms with Crippen LogP contribution in [0.5, 0.6) is 0 Å². The van der Waals surface area contributed by atoms with Gasteiger partial charge in [-0.3, -0.25) is 9.59 Å². The number of pyridine rings is 1. The minimum Gasteiger partial charge on any atom is -0.348 e. The second-order valence-electron chi connectivity index (χ2n) is 9.28. The van der Waals surface area contributed by atoms with E-state index in [4.69, 9.17) is 11.6 Å². The Hall–Kier alpha value is -4.17. The lowest BCUT2D eigenvalue weighted by molar-refractivity contribution is 0.0656. The molecule has 2 amide bonds. The molecule has 1 aliphatic rings. The van der Waals surface area contributed by atoms with E-state index in [-0.39, 0.29) is 35.0 Å². The average molecular weight is 516 g/mol. The van der Waals surface area contributed by atoms with Crippen molar-refractivity contribution in [3.05, 3.63) is 107 Å². The van der Waals surface area contributed by atoms with Crippen LogP contribution in [-0.4, -0.2) is 50.2 Å². The van der Waals surface area contributed by atoms with Gasteiger partial charge in [-0.05, 0) is 48.4 Å². The Kier molecular flexibility index (Phi) is 5.88. The van der Waals surface area contributed by atoms with E-state index in [2.05, 4.69) is 15.3 Å². The van der Waals surface area contributed by atoms with Crippen LogP contribution in [0.4, 0.5) is 4.39 Å². The van der Waals surface area contributed by atoms with Gasteiger partial charge in [-0.25, -0.2) is 9.37 Å². The fraction of sp³-hybridized carbons (Fsp3) is 0.179. The molecule has 3 aromatic heterocycles. The number of para-hydroxylation sites is 1. The number of H-pyrrole nitrogens is 1. The van der Waals surface area contributed by atoms with E-state index in [1.54, 1.807) is 46.1 Å². The summed E-state index contributed by atoms with van der Waals surface area (Å²) in [6.07, 6.45) is 5.81. The first-order chi connectivity index (χ1) is 18.0. The van der Waals surface area contributed by atoms with Gasteiger partial charge in [0.1, 0.15) is 11.5 Å². The van der Waals surface area contributed by atoms with Crippen LogP contribution in [0.15, 0.2) is 79.4 Å². The van der Waals surface area contributed by atoms with Gasteiger partial charge in [0.25, 0.3) is 11.8 Å². The molecular weight excluding hydrogens is 493 g/mol. The van der Waals surface area contributed by atoms with Gasteiger partial charge in [0.15, 0.2) is 0 Å². The van der Waals surface area contributed by atoms with E-state index >= 15 is 0 Å². The number of amides is 2. The number of halogens is 2. The van der Waals surface area contributed by atoms with E-state index in [9.17, 15) is 14.0 Å². The van der Waals surface area contributed by atoms with E-state index in [1.807, 2.05) is 36.5 Å². The van der Waals surface area contributed by atoms with Crippen LogP contribution in [0.3, 0.4) is 0 Å². The monoisotopic (exact) mass is 515 g/mol. The molecular formula is C28H23ClFN5O2. The molecule has 2 atom stereocenters. The second-order valence-corrected chi connectivity index (χ2v) is 9.71. The average Bonchev–Trinajstić information content (AvgIpc) is 3.56. The summed E-state index contributed by atoms with van der Waals surface area (Å²) in [5.41, 5.74) is 2.82. The van der Waals surface area contributed by atoms with Gasteiger partial charge in [0, 0.05) is 35.6 Å². The molecule has 186 valence electrons. The molecule has 37 heavy (non-hydrogen) atoms. The van der Waals surface area contributed by atoms with Gasteiger partial charge < -0.3 is 19.6 Å². The molecule has 2 aromatic carbocycles. The van der Waals surface area contributed by atoms with Crippen LogP contribution in [-0.2, 0) is 0 Å². The highest BCUT2D eigenvalue weighted by atomic mass is 35.5. The zero-order valence-electron chi connectivity index (χ0n) is 19.7. The van der Waals surface area contributed by atoms with Crippen LogP contribution < -0.4 is 5.32 Å². The number of benzene rings is 2. The number of piperidine rings is 1. The predicted molar refractivity (Wildman–Crippen MR) is 139 cm³/mol. The minimum absolute atomic E-state index is 0.0569. The number of hydrogen-bond acceptors (Lipinski definition) is 3. The minimum atomic E-state index is -0.420. The van der Waals surface area contributed by atoms with Crippen LogP contribution in [0.2, 0.25) is 5.02 Å². The third-order valence-electron chi connectivity index (χ3n) is 7.03. The first-order valence-electron chi connectivity index (χ1n) is 12.0. The molecule has 4 heterocycles. The normalized spacial score (nSPS) is 17.8. The lowest BCUT2D eigenvalue weighted by Crippen LogP contribution is -2.53. The first-order valence-corrected chi connectivity index (χ1v) is 12.4. The number of rotatable bonds is 4. The maximum Gasteiger partial charge on any atom is 0.268 e. The summed E-state index contributed by atoms with van der Waals surface area (Å²) >= 11 is 6.28. The van der Waals surface area contributed by atoms with E-state index < -0.39 is 5.82 Å². The highest BCUT2D eigenvalue weighted by Crippen LogP contribution is 2.31. The summed E-state index contributed by atoms with van der Waals surface area (Å²) in [5.74, 6) is -0.960. The van der Waals surface area contributed by atoms with Crippen molar-refractivity contribution in [3.8, 4) is 0 Å². The van der Waals surface area contributed by atoms with Crippen molar-refractivity contribution in [1.29, 1.82) is 0 Å². The lowest BCUT2D eigenvalue weighted by Gasteiger charge is -2.39. The number of aromatic amines is 1. The lowest BCUT2D eigenvalue weighted by atomic mass is 9.85. The zero-order chi connectivity index (χ0) is 25.5. The number of carbonyl (C=O) groups is 2. The quantitative estimate of drug-likeness (QED) is 0.352. The molecule has 1 saturated heterocycles. The largest absolute Gasteiger partial charge is 0.348 e. The van der Waals surface area contributed by atoms with Crippen molar-refractivity contribution in [2.45, 2.75) is 18.4 Å². The fourth-order valence-electron chi connectivity index (χ4n) is 5.21. The standard InChI is InChI=1S/C28H23ClFN5O2/c29-19-6-1-4-17(12-19)20-9-11-34(28(37)21-7-3-10-35-16-31-14-25(21)35)15-24(20)33-27(36)23-13-18-5-2-8-22(30)26(18)32-23/h1-8,10,12-14,16,20,24,32H,9,11,15H2,(H,33,36)/t20-,24+/m0/s1. The number of nitrogens with one attached hydrogen (secondary N) is 2. The van der Waals surface area contributed by atoms with Crippen molar-refractivity contribution >= 4 is 39.8 Å². The van der Waals surface area contributed by atoms with Crippen LogP contribution in [0.25, 0.3) is 16.4 Å². The Balaban J connectivity index is 1.30. The van der Waals surface area contributed by atoms with Crippen molar-refractivity contribution in [2.75, 3.05) is 13.1 Å². The summed E-state index contributed by atoms with van der Waals surface area (Å²) in [5, 5.41) is 4.33. The molecule has 9 heteroatoms. The van der Waals surface area contributed by atoms with Crippen LogP contribution >= 0.6 is 11.6 Å². The molecule has 6 rings (SSSR count). The number of carbonyl (C=O) groups excluding carboxylic acids is 2. The number of imidazole rings is 1.